The number of fused-ring (bicyclic) bond motifs is 2. The summed E-state index contributed by atoms with van der Waals surface area (Å²) in [6.45, 7) is 1.52. The van der Waals surface area contributed by atoms with E-state index in [-0.39, 0.29) is 11.5 Å². The van der Waals surface area contributed by atoms with Crippen molar-refractivity contribution in [3.05, 3.63) is 35.4 Å². The molecule has 1 aromatic rings. The fraction of sp³-hybridized carbons (Fsp3) is 0.562. The topological polar surface area (TPSA) is 44.0 Å². The first-order chi connectivity index (χ1) is 9.39. The first kappa shape index (κ1) is 13.5. The second-order valence-electron chi connectivity index (χ2n) is 6.39. The number of hydrogen-bond donors (Lipinski definition) is 1. The molecule has 0 aromatic heterocycles. The molecule has 0 saturated heterocycles. The van der Waals surface area contributed by atoms with Gasteiger partial charge in [-0.05, 0) is 55.7 Å². The molecule has 3 rings (SSSR count). The Balaban J connectivity index is 2.08. The average molecular weight is 277 g/mol. The molecule has 1 N–H and O–H groups in total. The maximum Gasteiger partial charge on any atom is 0.126 e. The maximum atomic E-state index is 13.4. The van der Waals surface area contributed by atoms with E-state index in [0.29, 0.717) is 12.3 Å². The summed E-state index contributed by atoms with van der Waals surface area (Å²) in [5.74, 6) is -0.892. The lowest BCUT2D eigenvalue weighted by Gasteiger charge is -2.43. The third-order valence-corrected chi connectivity index (χ3v) is 5.34. The van der Waals surface area contributed by atoms with Gasteiger partial charge in [0.2, 0.25) is 0 Å². The van der Waals surface area contributed by atoms with Gasteiger partial charge in [0.05, 0.1) is 11.5 Å². The lowest BCUT2D eigenvalue weighted by molar-refractivity contribution is -0.0737. The molecule has 2 aliphatic rings. The standard InChI is InChI=1S/C16H17F2NO/c1-15(20,12-5-13(17)7-14(18)6-12)16(9-19)8-10-2-3-11(16)4-10/h5-7,10-11,20H,2-4,8H2,1H3. The summed E-state index contributed by atoms with van der Waals surface area (Å²) >= 11 is 0. The molecule has 0 heterocycles. The minimum atomic E-state index is -1.54. The molecule has 2 saturated carbocycles. The Hall–Kier alpha value is -1.47. The van der Waals surface area contributed by atoms with E-state index in [9.17, 15) is 19.1 Å². The molecule has 2 bridgehead atoms. The van der Waals surface area contributed by atoms with E-state index < -0.39 is 22.7 Å². The zero-order valence-corrected chi connectivity index (χ0v) is 11.4. The molecule has 4 heteroatoms. The molecule has 0 aliphatic heterocycles. The third kappa shape index (κ3) is 1.69. The summed E-state index contributed by atoms with van der Waals surface area (Å²) in [7, 11) is 0. The minimum absolute atomic E-state index is 0.110. The van der Waals surface area contributed by atoms with Crippen LogP contribution in [0, 0.1) is 40.2 Å². The number of hydrogen-bond acceptors (Lipinski definition) is 2. The van der Waals surface area contributed by atoms with Crippen LogP contribution in [0.2, 0.25) is 0 Å². The SMILES string of the molecule is CC(O)(c1cc(F)cc(F)c1)C1(C#N)CC2CCC1C2. The van der Waals surface area contributed by atoms with Crippen molar-refractivity contribution in [3.63, 3.8) is 0 Å². The maximum absolute atomic E-state index is 13.4. The lowest BCUT2D eigenvalue weighted by atomic mass is 9.61. The van der Waals surface area contributed by atoms with Gasteiger partial charge in [0.25, 0.3) is 0 Å². The van der Waals surface area contributed by atoms with Crippen LogP contribution in [0.15, 0.2) is 18.2 Å². The Labute approximate surface area is 117 Å². The third-order valence-electron chi connectivity index (χ3n) is 5.34. The highest BCUT2D eigenvalue weighted by Crippen LogP contribution is 2.62. The molecule has 4 unspecified atom stereocenters. The molecule has 1 aromatic carbocycles. The predicted octanol–water partition coefficient (Wildman–Crippen LogP) is 3.50. The highest BCUT2D eigenvalue weighted by atomic mass is 19.1. The molecule has 2 nitrogen and oxygen atoms in total. The van der Waals surface area contributed by atoms with E-state index in [1.165, 1.54) is 6.92 Å². The fourth-order valence-electron chi connectivity index (χ4n) is 4.26. The molecule has 0 spiro atoms. The normalized spacial score (nSPS) is 34.8. The van der Waals surface area contributed by atoms with E-state index in [1.54, 1.807) is 0 Å². The predicted molar refractivity (Wildman–Crippen MR) is 69.4 cm³/mol. The van der Waals surface area contributed by atoms with Crippen LogP contribution in [0.5, 0.6) is 0 Å². The van der Waals surface area contributed by atoms with Crippen LogP contribution in [-0.4, -0.2) is 5.11 Å². The second kappa shape index (κ2) is 4.26. The zero-order chi connectivity index (χ0) is 14.5. The van der Waals surface area contributed by atoms with Gasteiger partial charge in [0.1, 0.15) is 17.2 Å². The quantitative estimate of drug-likeness (QED) is 0.899. The molecule has 4 atom stereocenters. The zero-order valence-electron chi connectivity index (χ0n) is 11.4. The summed E-state index contributed by atoms with van der Waals surface area (Å²) in [4.78, 5) is 0. The highest BCUT2D eigenvalue weighted by Gasteiger charge is 2.61. The van der Waals surface area contributed by atoms with Crippen LogP contribution in [0.4, 0.5) is 8.78 Å². The Kier molecular flexibility index (Phi) is 2.88. The summed E-state index contributed by atoms with van der Waals surface area (Å²) in [6, 6.07) is 5.34. The van der Waals surface area contributed by atoms with E-state index in [1.807, 2.05) is 0 Å². The van der Waals surface area contributed by atoms with Crippen LogP contribution < -0.4 is 0 Å². The van der Waals surface area contributed by atoms with Gasteiger partial charge in [-0.2, -0.15) is 5.26 Å². The minimum Gasteiger partial charge on any atom is -0.384 e. The van der Waals surface area contributed by atoms with E-state index in [2.05, 4.69) is 6.07 Å². The molecular weight excluding hydrogens is 260 g/mol. The van der Waals surface area contributed by atoms with Crippen molar-refractivity contribution in [2.75, 3.05) is 0 Å². The van der Waals surface area contributed by atoms with Crippen LogP contribution in [0.25, 0.3) is 0 Å². The molecule has 0 amide bonds. The number of nitriles is 1. The molecule has 20 heavy (non-hydrogen) atoms. The van der Waals surface area contributed by atoms with Crippen molar-refractivity contribution < 1.29 is 13.9 Å². The van der Waals surface area contributed by atoms with E-state index >= 15 is 0 Å². The summed E-state index contributed by atoms with van der Waals surface area (Å²) in [6.07, 6.45) is 3.54. The first-order valence-corrected chi connectivity index (χ1v) is 6.99. The highest BCUT2D eigenvalue weighted by molar-refractivity contribution is 5.32. The van der Waals surface area contributed by atoms with Crippen molar-refractivity contribution in [1.29, 1.82) is 5.26 Å². The Morgan fingerprint density at radius 2 is 1.95 bits per heavy atom. The molecular formula is C16H17F2NO. The van der Waals surface area contributed by atoms with Gasteiger partial charge in [-0.15, -0.1) is 0 Å². The first-order valence-electron chi connectivity index (χ1n) is 6.99. The van der Waals surface area contributed by atoms with Gasteiger partial charge in [-0.25, -0.2) is 8.78 Å². The van der Waals surface area contributed by atoms with Crippen LogP contribution in [0.1, 0.15) is 38.2 Å². The Bertz CT molecular complexity index is 572. The number of nitrogens with zero attached hydrogens (tertiary/aromatic N) is 1. The van der Waals surface area contributed by atoms with Crippen molar-refractivity contribution in [2.24, 2.45) is 17.3 Å². The monoisotopic (exact) mass is 277 g/mol. The Morgan fingerprint density at radius 1 is 1.30 bits per heavy atom. The molecule has 0 radical (unpaired) electrons. The lowest BCUT2D eigenvalue weighted by Crippen LogP contribution is -2.46. The van der Waals surface area contributed by atoms with Crippen molar-refractivity contribution in [2.45, 2.75) is 38.2 Å². The molecule has 106 valence electrons. The van der Waals surface area contributed by atoms with Crippen molar-refractivity contribution >= 4 is 0 Å². The van der Waals surface area contributed by atoms with Crippen molar-refractivity contribution in [1.82, 2.24) is 0 Å². The average Bonchev–Trinajstić information content (AvgIpc) is 2.98. The number of halogens is 2. The summed E-state index contributed by atoms with van der Waals surface area (Å²) in [5.41, 5.74) is -2.31. The van der Waals surface area contributed by atoms with Crippen LogP contribution in [0.3, 0.4) is 0 Å². The van der Waals surface area contributed by atoms with Gasteiger partial charge in [0, 0.05) is 6.07 Å². The largest absolute Gasteiger partial charge is 0.384 e. The number of rotatable bonds is 2. The van der Waals surface area contributed by atoms with Crippen LogP contribution >= 0.6 is 0 Å². The molecule has 2 fully saturated rings. The van der Waals surface area contributed by atoms with Gasteiger partial charge in [-0.1, -0.05) is 6.42 Å². The van der Waals surface area contributed by atoms with Crippen molar-refractivity contribution in [3.8, 4) is 6.07 Å². The second-order valence-corrected chi connectivity index (χ2v) is 6.39. The van der Waals surface area contributed by atoms with Gasteiger partial charge in [0.15, 0.2) is 0 Å². The van der Waals surface area contributed by atoms with Gasteiger partial charge < -0.3 is 5.11 Å². The van der Waals surface area contributed by atoms with Gasteiger partial charge >= 0.3 is 0 Å². The number of benzene rings is 1. The Morgan fingerprint density at radius 3 is 2.40 bits per heavy atom. The molecule has 2 aliphatic carbocycles. The van der Waals surface area contributed by atoms with E-state index in [4.69, 9.17) is 0 Å². The smallest absolute Gasteiger partial charge is 0.126 e. The number of aliphatic hydroxyl groups is 1. The summed E-state index contributed by atoms with van der Waals surface area (Å²) in [5, 5.41) is 20.6. The van der Waals surface area contributed by atoms with Crippen LogP contribution in [-0.2, 0) is 5.60 Å². The summed E-state index contributed by atoms with van der Waals surface area (Å²) < 4.78 is 26.9. The van der Waals surface area contributed by atoms with E-state index in [0.717, 1.165) is 37.5 Å². The van der Waals surface area contributed by atoms with Gasteiger partial charge in [-0.3, -0.25) is 0 Å². The fourth-order valence-corrected chi connectivity index (χ4v) is 4.26.